The van der Waals surface area contributed by atoms with Crippen molar-refractivity contribution in [3.63, 3.8) is 0 Å². The van der Waals surface area contributed by atoms with E-state index in [2.05, 4.69) is 10.2 Å². The molecule has 0 bridgehead atoms. The standard InChI is InChI=1S/C24H18ClFN2O4S/c25-19-8-4-5-9-20(19)29-13-21-27-28-24(31-21)33-14-17-11-18(26)10-16-12-30-23(32-22(16)17)15-6-2-1-3-7-15/h1-11,23H,12-14H2. The summed E-state index contributed by atoms with van der Waals surface area (Å²) < 4.78 is 37.3. The smallest absolute Gasteiger partial charge is 0.277 e. The van der Waals surface area contributed by atoms with E-state index in [9.17, 15) is 4.39 Å². The first kappa shape index (κ1) is 21.8. The molecule has 5 rings (SSSR count). The lowest BCUT2D eigenvalue weighted by atomic mass is 10.1. The van der Waals surface area contributed by atoms with Gasteiger partial charge in [-0.25, -0.2) is 4.39 Å². The fraction of sp³-hybridized carbons (Fsp3) is 0.167. The van der Waals surface area contributed by atoms with Crippen molar-refractivity contribution >= 4 is 23.4 Å². The Morgan fingerprint density at radius 3 is 2.73 bits per heavy atom. The maximum absolute atomic E-state index is 14.2. The third-order valence-electron chi connectivity index (χ3n) is 4.88. The molecule has 33 heavy (non-hydrogen) atoms. The van der Waals surface area contributed by atoms with Crippen LogP contribution in [0, 0.1) is 5.82 Å². The van der Waals surface area contributed by atoms with E-state index in [0.717, 1.165) is 5.56 Å². The number of nitrogens with zero attached hydrogens (tertiary/aromatic N) is 2. The van der Waals surface area contributed by atoms with Gasteiger partial charge in [0, 0.05) is 22.4 Å². The Bertz CT molecular complexity index is 1250. The fourth-order valence-corrected chi connectivity index (χ4v) is 4.29. The predicted molar refractivity (Wildman–Crippen MR) is 121 cm³/mol. The van der Waals surface area contributed by atoms with Crippen molar-refractivity contribution in [3.8, 4) is 11.5 Å². The van der Waals surface area contributed by atoms with Gasteiger partial charge in [-0.2, -0.15) is 0 Å². The first-order valence-electron chi connectivity index (χ1n) is 10.1. The SMILES string of the molecule is Fc1cc2c(c(CSc3nnc(COc4ccccc4Cl)o3)c1)OC(c1ccccc1)OC2. The van der Waals surface area contributed by atoms with E-state index in [0.29, 0.717) is 44.5 Å². The second-order valence-electron chi connectivity index (χ2n) is 7.19. The van der Waals surface area contributed by atoms with Gasteiger partial charge in [0.05, 0.1) is 11.6 Å². The summed E-state index contributed by atoms with van der Waals surface area (Å²) in [7, 11) is 0. The van der Waals surface area contributed by atoms with Crippen molar-refractivity contribution in [2.45, 2.75) is 30.5 Å². The van der Waals surface area contributed by atoms with Gasteiger partial charge in [0.1, 0.15) is 17.3 Å². The Labute approximate surface area is 198 Å². The monoisotopic (exact) mass is 484 g/mol. The normalized spacial score (nSPS) is 15.0. The number of aromatic nitrogens is 2. The number of rotatable bonds is 7. The minimum atomic E-state index is -0.551. The highest BCUT2D eigenvalue weighted by Crippen LogP contribution is 2.38. The van der Waals surface area contributed by atoms with Gasteiger partial charge >= 0.3 is 0 Å². The zero-order valence-corrected chi connectivity index (χ0v) is 18.8. The van der Waals surface area contributed by atoms with Crippen LogP contribution in [0.25, 0.3) is 0 Å². The zero-order valence-electron chi connectivity index (χ0n) is 17.2. The molecule has 1 unspecified atom stereocenters. The summed E-state index contributed by atoms with van der Waals surface area (Å²) in [4.78, 5) is 0. The van der Waals surface area contributed by atoms with Crippen LogP contribution in [0.5, 0.6) is 11.5 Å². The fourth-order valence-electron chi connectivity index (χ4n) is 3.35. The van der Waals surface area contributed by atoms with E-state index < -0.39 is 6.29 Å². The molecule has 0 spiro atoms. The lowest BCUT2D eigenvalue weighted by molar-refractivity contribution is -0.112. The minimum absolute atomic E-state index is 0.0891. The van der Waals surface area contributed by atoms with Gasteiger partial charge in [-0.15, -0.1) is 10.2 Å². The van der Waals surface area contributed by atoms with Gasteiger partial charge in [-0.05, 0) is 24.3 Å². The molecule has 0 aliphatic carbocycles. The van der Waals surface area contributed by atoms with Gasteiger partial charge in [-0.1, -0.05) is 65.8 Å². The van der Waals surface area contributed by atoms with E-state index >= 15 is 0 Å². The first-order chi connectivity index (χ1) is 16.2. The van der Waals surface area contributed by atoms with Crippen molar-refractivity contribution in [2.75, 3.05) is 0 Å². The highest BCUT2D eigenvalue weighted by Gasteiger charge is 2.25. The van der Waals surface area contributed by atoms with Crippen LogP contribution in [0.2, 0.25) is 5.02 Å². The summed E-state index contributed by atoms with van der Waals surface area (Å²) in [6.07, 6.45) is -0.551. The number of hydrogen-bond acceptors (Lipinski definition) is 7. The predicted octanol–water partition coefficient (Wildman–Crippen LogP) is 6.34. The van der Waals surface area contributed by atoms with Gasteiger partial charge in [0.15, 0.2) is 6.61 Å². The molecule has 168 valence electrons. The molecule has 6 nitrogen and oxygen atoms in total. The molecule has 0 N–H and O–H groups in total. The lowest BCUT2D eigenvalue weighted by Crippen LogP contribution is -2.19. The molecule has 0 radical (unpaired) electrons. The van der Waals surface area contributed by atoms with E-state index in [1.165, 1.54) is 23.9 Å². The van der Waals surface area contributed by atoms with Crippen LogP contribution in [0.3, 0.4) is 0 Å². The number of thioether (sulfide) groups is 1. The molecule has 0 amide bonds. The van der Waals surface area contributed by atoms with Crippen LogP contribution in [-0.4, -0.2) is 10.2 Å². The first-order valence-corrected chi connectivity index (χ1v) is 11.5. The van der Waals surface area contributed by atoms with Crippen molar-refractivity contribution in [1.29, 1.82) is 0 Å². The number of halogens is 2. The topological polar surface area (TPSA) is 66.6 Å². The second-order valence-corrected chi connectivity index (χ2v) is 8.53. The van der Waals surface area contributed by atoms with Gasteiger partial charge in [0.25, 0.3) is 11.1 Å². The molecule has 1 atom stereocenters. The van der Waals surface area contributed by atoms with E-state index in [-0.39, 0.29) is 19.0 Å². The largest absolute Gasteiger partial charge is 0.482 e. The molecule has 4 aromatic rings. The van der Waals surface area contributed by atoms with E-state index in [4.69, 9.17) is 30.2 Å². The minimum Gasteiger partial charge on any atom is -0.482 e. The summed E-state index contributed by atoms with van der Waals surface area (Å²) in [5.74, 6) is 1.49. The van der Waals surface area contributed by atoms with Crippen molar-refractivity contribution in [3.05, 3.63) is 100 Å². The Hall–Kier alpha value is -3.07. The molecule has 0 saturated carbocycles. The summed E-state index contributed by atoms with van der Waals surface area (Å²) >= 11 is 7.37. The second kappa shape index (κ2) is 9.82. The highest BCUT2D eigenvalue weighted by atomic mass is 35.5. The Morgan fingerprint density at radius 1 is 1.06 bits per heavy atom. The Balaban J connectivity index is 1.26. The third-order valence-corrected chi connectivity index (χ3v) is 6.06. The van der Waals surface area contributed by atoms with Crippen LogP contribution in [0.4, 0.5) is 4.39 Å². The van der Waals surface area contributed by atoms with Crippen LogP contribution < -0.4 is 9.47 Å². The molecule has 0 saturated heterocycles. The van der Waals surface area contributed by atoms with Gasteiger partial charge in [-0.3, -0.25) is 0 Å². The average Bonchev–Trinajstić information content (AvgIpc) is 3.30. The number of para-hydroxylation sites is 1. The maximum Gasteiger partial charge on any atom is 0.277 e. The van der Waals surface area contributed by atoms with Crippen molar-refractivity contribution in [2.24, 2.45) is 0 Å². The summed E-state index contributed by atoms with van der Waals surface area (Å²) in [5, 5.41) is 8.88. The quantitative estimate of drug-likeness (QED) is 0.283. The molecule has 2 heterocycles. The number of hydrogen-bond donors (Lipinski definition) is 0. The summed E-state index contributed by atoms with van der Waals surface area (Å²) in [5.41, 5.74) is 2.24. The zero-order chi connectivity index (χ0) is 22.6. The average molecular weight is 485 g/mol. The van der Waals surface area contributed by atoms with Crippen LogP contribution in [0.15, 0.2) is 76.4 Å². The molecule has 1 aliphatic heterocycles. The van der Waals surface area contributed by atoms with Crippen molar-refractivity contribution < 1.29 is 23.0 Å². The molecule has 9 heteroatoms. The molecule has 1 aliphatic rings. The van der Waals surface area contributed by atoms with E-state index in [1.807, 2.05) is 42.5 Å². The summed E-state index contributed by atoms with van der Waals surface area (Å²) in [6, 6.07) is 19.6. The van der Waals surface area contributed by atoms with Crippen LogP contribution in [0.1, 0.15) is 28.9 Å². The molecule has 1 aromatic heterocycles. The Morgan fingerprint density at radius 2 is 1.88 bits per heavy atom. The maximum atomic E-state index is 14.2. The van der Waals surface area contributed by atoms with Crippen LogP contribution in [-0.2, 0) is 23.7 Å². The van der Waals surface area contributed by atoms with Gasteiger partial charge in [0.2, 0.25) is 6.29 Å². The Kier molecular flexibility index (Phi) is 6.48. The number of ether oxygens (including phenoxy) is 3. The van der Waals surface area contributed by atoms with E-state index in [1.54, 1.807) is 12.1 Å². The van der Waals surface area contributed by atoms with Gasteiger partial charge < -0.3 is 18.6 Å². The third kappa shape index (κ3) is 5.13. The number of fused-ring (bicyclic) bond motifs is 1. The van der Waals surface area contributed by atoms with Crippen molar-refractivity contribution in [1.82, 2.24) is 10.2 Å². The highest BCUT2D eigenvalue weighted by molar-refractivity contribution is 7.98. The summed E-state index contributed by atoms with van der Waals surface area (Å²) in [6.45, 7) is 0.347. The number of benzene rings is 3. The van der Waals surface area contributed by atoms with Crippen LogP contribution >= 0.6 is 23.4 Å². The molecule has 3 aromatic carbocycles. The molecular weight excluding hydrogens is 467 g/mol. The molecule has 0 fully saturated rings. The lowest BCUT2D eigenvalue weighted by Gasteiger charge is -2.28. The molecular formula is C24H18ClFN2O4S.